The largest absolute Gasteiger partial charge is 0.478 e. The second-order valence-corrected chi connectivity index (χ2v) is 4.81. The van der Waals surface area contributed by atoms with Crippen LogP contribution in [0.2, 0.25) is 0 Å². The minimum atomic E-state index is -0.941. The summed E-state index contributed by atoms with van der Waals surface area (Å²) in [5, 5.41) is 18.8. The van der Waals surface area contributed by atoms with Crippen LogP contribution in [0.3, 0.4) is 0 Å². The molecule has 2 aromatic heterocycles. The molecule has 19 heavy (non-hydrogen) atoms. The van der Waals surface area contributed by atoms with E-state index in [0.29, 0.717) is 0 Å². The summed E-state index contributed by atoms with van der Waals surface area (Å²) in [5.41, 5.74) is 1.92. The van der Waals surface area contributed by atoms with E-state index < -0.39 is 5.97 Å². The quantitative estimate of drug-likeness (QED) is 0.795. The Kier molecular flexibility index (Phi) is 2.85. The van der Waals surface area contributed by atoms with Crippen LogP contribution in [0.5, 0.6) is 0 Å². The summed E-state index contributed by atoms with van der Waals surface area (Å²) in [6, 6.07) is 10.5. The average molecular weight is 271 g/mol. The van der Waals surface area contributed by atoms with Crippen LogP contribution in [-0.2, 0) is 0 Å². The van der Waals surface area contributed by atoms with Crippen molar-refractivity contribution in [1.29, 1.82) is 0 Å². The third-order valence-corrected chi connectivity index (χ3v) is 3.57. The van der Waals surface area contributed by atoms with Gasteiger partial charge in [0.15, 0.2) is 0 Å². The molecule has 0 fully saturated rings. The lowest BCUT2D eigenvalue weighted by Crippen LogP contribution is -2.01. The van der Waals surface area contributed by atoms with Crippen LogP contribution >= 0.6 is 11.3 Å². The number of hydrogen-bond donors (Lipinski definition) is 1. The summed E-state index contributed by atoms with van der Waals surface area (Å²) in [7, 11) is 0. The molecule has 0 saturated carbocycles. The zero-order chi connectivity index (χ0) is 13.2. The van der Waals surface area contributed by atoms with Gasteiger partial charge in [-0.1, -0.05) is 11.3 Å². The molecule has 1 N–H and O–H groups in total. The van der Waals surface area contributed by atoms with Crippen molar-refractivity contribution in [1.82, 2.24) is 15.0 Å². The van der Waals surface area contributed by atoms with E-state index in [0.717, 1.165) is 16.3 Å². The van der Waals surface area contributed by atoms with Gasteiger partial charge in [0.25, 0.3) is 0 Å². The van der Waals surface area contributed by atoms with Crippen molar-refractivity contribution in [2.75, 3.05) is 0 Å². The maximum Gasteiger partial charge on any atom is 0.335 e. The molecule has 0 amide bonds. The lowest BCUT2D eigenvalue weighted by molar-refractivity contribution is 0.0697. The molecule has 5 nitrogen and oxygen atoms in total. The highest BCUT2D eigenvalue weighted by Gasteiger charge is 2.10. The highest BCUT2D eigenvalue weighted by atomic mass is 32.1. The molecule has 0 saturated heterocycles. The Labute approximate surface area is 112 Å². The lowest BCUT2D eigenvalue weighted by Gasteiger charge is -2.04. The van der Waals surface area contributed by atoms with E-state index in [1.54, 1.807) is 46.5 Å². The Morgan fingerprint density at radius 2 is 2.00 bits per heavy atom. The Balaban J connectivity index is 2.03. The number of nitrogens with zero attached hydrogens (tertiary/aromatic N) is 3. The molecule has 3 aromatic rings. The standard InChI is InChI=1S/C13H9N3O2S/c17-13(18)9-3-5-10(6-4-9)16-11(8-14-15-16)12-2-1-7-19-12/h1-8H,(H,17,18). The van der Waals surface area contributed by atoms with Gasteiger partial charge in [-0.3, -0.25) is 0 Å². The van der Waals surface area contributed by atoms with E-state index in [1.165, 1.54) is 0 Å². The van der Waals surface area contributed by atoms with Gasteiger partial charge in [-0.15, -0.1) is 16.4 Å². The molecule has 0 aliphatic carbocycles. The first-order valence-corrected chi connectivity index (χ1v) is 6.42. The fourth-order valence-corrected chi connectivity index (χ4v) is 2.48. The van der Waals surface area contributed by atoms with E-state index in [1.807, 2.05) is 17.5 Å². The highest BCUT2D eigenvalue weighted by molar-refractivity contribution is 7.13. The molecule has 0 atom stereocenters. The van der Waals surface area contributed by atoms with E-state index in [4.69, 9.17) is 5.11 Å². The number of thiophene rings is 1. The van der Waals surface area contributed by atoms with Crippen LogP contribution in [0.4, 0.5) is 0 Å². The monoisotopic (exact) mass is 271 g/mol. The van der Waals surface area contributed by atoms with Crippen molar-refractivity contribution in [3.05, 3.63) is 53.5 Å². The molecule has 6 heteroatoms. The molecule has 0 bridgehead atoms. The van der Waals surface area contributed by atoms with E-state index >= 15 is 0 Å². The van der Waals surface area contributed by atoms with Crippen molar-refractivity contribution >= 4 is 17.3 Å². The molecule has 0 spiro atoms. The number of carboxylic acids is 1. The minimum absolute atomic E-state index is 0.251. The number of aromatic nitrogens is 3. The number of carboxylic acid groups (broad SMARTS) is 1. The van der Waals surface area contributed by atoms with Gasteiger partial charge < -0.3 is 5.11 Å². The SMILES string of the molecule is O=C(O)c1ccc(-n2nncc2-c2cccs2)cc1. The van der Waals surface area contributed by atoms with Gasteiger partial charge in [-0.25, -0.2) is 9.48 Å². The van der Waals surface area contributed by atoms with Crippen LogP contribution in [0.15, 0.2) is 48.0 Å². The number of rotatable bonds is 3. The summed E-state index contributed by atoms with van der Waals surface area (Å²) in [6.45, 7) is 0. The van der Waals surface area contributed by atoms with Crippen LogP contribution in [-0.4, -0.2) is 26.1 Å². The number of aromatic carboxylic acids is 1. The molecular weight excluding hydrogens is 262 g/mol. The molecule has 1 aromatic carbocycles. The van der Waals surface area contributed by atoms with Gasteiger partial charge >= 0.3 is 5.97 Å². The predicted molar refractivity (Wildman–Crippen MR) is 71.6 cm³/mol. The molecule has 0 aliphatic heterocycles. The fraction of sp³-hybridized carbons (Fsp3) is 0. The van der Waals surface area contributed by atoms with E-state index in [2.05, 4.69) is 10.3 Å². The van der Waals surface area contributed by atoms with Crippen molar-refractivity contribution in [3.63, 3.8) is 0 Å². The predicted octanol–water partition coefficient (Wildman–Crippen LogP) is 2.69. The van der Waals surface area contributed by atoms with Crippen molar-refractivity contribution in [3.8, 4) is 16.3 Å². The normalized spacial score (nSPS) is 10.5. The summed E-state index contributed by atoms with van der Waals surface area (Å²) < 4.78 is 1.69. The summed E-state index contributed by atoms with van der Waals surface area (Å²) in [6.07, 6.45) is 1.69. The molecule has 0 radical (unpaired) electrons. The first-order valence-electron chi connectivity index (χ1n) is 5.54. The smallest absolute Gasteiger partial charge is 0.335 e. The Morgan fingerprint density at radius 3 is 2.63 bits per heavy atom. The van der Waals surface area contributed by atoms with Crippen molar-refractivity contribution in [2.24, 2.45) is 0 Å². The molecule has 2 heterocycles. The summed E-state index contributed by atoms with van der Waals surface area (Å²) in [5.74, 6) is -0.941. The second kappa shape index (κ2) is 4.66. The maximum atomic E-state index is 10.8. The fourth-order valence-electron chi connectivity index (χ4n) is 1.76. The van der Waals surface area contributed by atoms with Crippen LogP contribution in [0, 0.1) is 0 Å². The second-order valence-electron chi connectivity index (χ2n) is 3.86. The van der Waals surface area contributed by atoms with Crippen molar-refractivity contribution < 1.29 is 9.90 Å². The molecular formula is C13H9N3O2S. The average Bonchev–Trinajstić information content (AvgIpc) is 3.09. The highest BCUT2D eigenvalue weighted by Crippen LogP contribution is 2.25. The molecule has 3 rings (SSSR count). The van der Waals surface area contributed by atoms with Gasteiger partial charge in [0.2, 0.25) is 0 Å². The number of carbonyl (C=O) groups is 1. The van der Waals surface area contributed by atoms with E-state index in [9.17, 15) is 4.79 Å². The number of hydrogen-bond acceptors (Lipinski definition) is 4. The van der Waals surface area contributed by atoms with Gasteiger partial charge in [0, 0.05) is 0 Å². The van der Waals surface area contributed by atoms with Gasteiger partial charge in [-0.2, -0.15) is 0 Å². The Morgan fingerprint density at radius 1 is 1.21 bits per heavy atom. The third-order valence-electron chi connectivity index (χ3n) is 2.68. The molecule has 94 valence electrons. The Hall–Kier alpha value is -2.47. The molecule has 0 unspecified atom stereocenters. The zero-order valence-corrected chi connectivity index (χ0v) is 10.5. The van der Waals surface area contributed by atoms with Crippen LogP contribution in [0.25, 0.3) is 16.3 Å². The third kappa shape index (κ3) is 2.13. The first kappa shape index (κ1) is 11.6. The minimum Gasteiger partial charge on any atom is -0.478 e. The first-order chi connectivity index (χ1) is 9.25. The van der Waals surface area contributed by atoms with Crippen molar-refractivity contribution in [2.45, 2.75) is 0 Å². The van der Waals surface area contributed by atoms with Crippen LogP contribution < -0.4 is 0 Å². The topological polar surface area (TPSA) is 68.0 Å². The van der Waals surface area contributed by atoms with Gasteiger partial charge in [-0.05, 0) is 35.7 Å². The summed E-state index contributed by atoms with van der Waals surface area (Å²) in [4.78, 5) is 11.9. The van der Waals surface area contributed by atoms with Gasteiger partial charge in [0.1, 0.15) is 5.69 Å². The van der Waals surface area contributed by atoms with Gasteiger partial charge in [0.05, 0.1) is 22.3 Å². The maximum absolute atomic E-state index is 10.8. The lowest BCUT2D eigenvalue weighted by atomic mass is 10.2. The Bertz CT molecular complexity index is 702. The summed E-state index contributed by atoms with van der Waals surface area (Å²) >= 11 is 1.60. The zero-order valence-electron chi connectivity index (χ0n) is 9.72. The number of benzene rings is 1. The van der Waals surface area contributed by atoms with E-state index in [-0.39, 0.29) is 5.56 Å². The van der Waals surface area contributed by atoms with Crippen LogP contribution in [0.1, 0.15) is 10.4 Å². The molecule has 0 aliphatic rings.